The summed E-state index contributed by atoms with van der Waals surface area (Å²) in [4.78, 5) is 14.3. The van der Waals surface area contributed by atoms with Crippen molar-refractivity contribution in [1.29, 1.82) is 0 Å². The van der Waals surface area contributed by atoms with Crippen molar-refractivity contribution in [3.8, 4) is 5.82 Å². The normalized spacial score (nSPS) is 17.8. The zero-order valence-corrected chi connectivity index (χ0v) is 18.4. The van der Waals surface area contributed by atoms with E-state index in [1.165, 1.54) is 4.90 Å². The number of hydrogen-bond donors (Lipinski definition) is 2. The van der Waals surface area contributed by atoms with E-state index in [0.717, 1.165) is 11.4 Å². The number of nitrogens with one attached hydrogen (secondary N) is 2. The van der Waals surface area contributed by atoms with Gasteiger partial charge in [0.15, 0.2) is 5.96 Å². The summed E-state index contributed by atoms with van der Waals surface area (Å²) in [7, 11) is 0. The van der Waals surface area contributed by atoms with Crippen LogP contribution in [0.25, 0.3) is 5.82 Å². The molecule has 1 fully saturated rings. The molecule has 0 spiro atoms. The largest absolute Gasteiger partial charge is 0.401 e. The zero-order chi connectivity index (χ0) is 20.0. The van der Waals surface area contributed by atoms with Crippen LogP contribution in [0, 0.1) is 0 Å². The van der Waals surface area contributed by atoms with Crippen molar-refractivity contribution in [3.63, 3.8) is 0 Å². The molecule has 29 heavy (non-hydrogen) atoms. The van der Waals surface area contributed by atoms with Crippen LogP contribution in [0.1, 0.15) is 18.9 Å². The van der Waals surface area contributed by atoms with E-state index < -0.39 is 12.7 Å². The summed E-state index contributed by atoms with van der Waals surface area (Å²) in [5.74, 6) is 1.35. The summed E-state index contributed by atoms with van der Waals surface area (Å²) in [6.07, 6.45) is 3.37. The first-order chi connectivity index (χ1) is 13.4. The van der Waals surface area contributed by atoms with Crippen molar-refractivity contribution in [1.82, 2.24) is 30.1 Å². The Labute approximate surface area is 184 Å². The molecule has 7 nitrogen and oxygen atoms in total. The zero-order valence-electron chi connectivity index (χ0n) is 16.1. The Morgan fingerprint density at radius 2 is 2.17 bits per heavy atom. The van der Waals surface area contributed by atoms with Gasteiger partial charge in [0, 0.05) is 44.3 Å². The van der Waals surface area contributed by atoms with Crippen molar-refractivity contribution in [3.05, 3.63) is 42.6 Å². The highest BCUT2D eigenvalue weighted by molar-refractivity contribution is 14.0. The number of nitrogens with zero attached hydrogens (tertiary/aromatic N) is 5. The van der Waals surface area contributed by atoms with Crippen LogP contribution in [-0.2, 0) is 6.54 Å². The van der Waals surface area contributed by atoms with Gasteiger partial charge in [0.2, 0.25) is 0 Å². The smallest absolute Gasteiger partial charge is 0.357 e. The summed E-state index contributed by atoms with van der Waals surface area (Å²) in [5, 5.41) is 6.40. The average molecular weight is 523 g/mol. The molecule has 0 aliphatic carbocycles. The van der Waals surface area contributed by atoms with Crippen LogP contribution in [-0.4, -0.2) is 63.8 Å². The maximum atomic E-state index is 12.6. The van der Waals surface area contributed by atoms with E-state index in [4.69, 9.17) is 0 Å². The maximum Gasteiger partial charge on any atom is 0.401 e. The van der Waals surface area contributed by atoms with E-state index in [1.807, 2.05) is 29.8 Å². The molecule has 160 valence electrons. The lowest BCUT2D eigenvalue weighted by atomic mass is 10.2. The third-order valence-electron chi connectivity index (χ3n) is 4.36. The predicted octanol–water partition coefficient (Wildman–Crippen LogP) is 2.58. The van der Waals surface area contributed by atoms with Gasteiger partial charge in [-0.15, -0.1) is 24.0 Å². The third kappa shape index (κ3) is 7.46. The van der Waals surface area contributed by atoms with Crippen molar-refractivity contribution in [2.75, 3.05) is 26.2 Å². The number of guanidine groups is 1. The predicted molar refractivity (Wildman–Crippen MR) is 116 cm³/mol. The SMILES string of the molecule is CCNC(=NCc1ccnc(-n2ccnc2)c1)NC1CCN(CC(F)(F)F)C1.I. The molecule has 0 aromatic carbocycles. The molecule has 0 saturated carbocycles. The topological polar surface area (TPSA) is 70.4 Å². The minimum Gasteiger partial charge on any atom is -0.357 e. The Kier molecular flexibility index (Phi) is 8.68. The molecule has 1 unspecified atom stereocenters. The van der Waals surface area contributed by atoms with Gasteiger partial charge in [-0.3, -0.25) is 9.47 Å². The van der Waals surface area contributed by atoms with E-state index in [2.05, 4.69) is 25.6 Å². The molecular weight excluding hydrogens is 498 g/mol. The Hall–Kier alpha value is -1.89. The van der Waals surface area contributed by atoms with Crippen molar-refractivity contribution >= 4 is 29.9 Å². The molecule has 11 heteroatoms. The standard InChI is InChI=1S/C18H24F3N7.HI/c1-2-23-17(26-15-4-7-27(11-15)12-18(19,20)21)25-10-14-3-5-24-16(9-14)28-8-6-22-13-28;/h3,5-6,8-9,13,15H,2,4,7,10-12H2,1H3,(H2,23,25,26);1H. The summed E-state index contributed by atoms with van der Waals surface area (Å²) in [5.41, 5.74) is 0.973. The Bertz CT molecular complexity index is 780. The summed E-state index contributed by atoms with van der Waals surface area (Å²) >= 11 is 0. The van der Waals surface area contributed by atoms with E-state index in [0.29, 0.717) is 38.6 Å². The number of halogens is 4. The van der Waals surface area contributed by atoms with Crippen LogP contribution >= 0.6 is 24.0 Å². The Morgan fingerprint density at radius 3 is 2.86 bits per heavy atom. The van der Waals surface area contributed by atoms with Crippen molar-refractivity contribution in [2.24, 2.45) is 4.99 Å². The first-order valence-electron chi connectivity index (χ1n) is 9.20. The van der Waals surface area contributed by atoms with Crippen LogP contribution in [0.2, 0.25) is 0 Å². The monoisotopic (exact) mass is 523 g/mol. The van der Waals surface area contributed by atoms with Gasteiger partial charge in [0.05, 0.1) is 13.1 Å². The molecule has 0 bridgehead atoms. The molecule has 0 amide bonds. The number of alkyl halides is 3. The molecule has 1 aliphatic rings. The van der Waals surface area contributed by atoms with E-state index >= 15 is 0 Å². The fourth-order valence-corrected chi connectivity index (χ4v) is 3.13. The van der Waals surface area contributed by atoms with Gasteiger partial charge in [-0.05, 0) is 31.0 Å². The highest BCUT2D eigenvalue weighted by Gasteiger charge is 2.34. The first-order valence-corrected chi connectivity index (χ1v) is 9.20. The summed E-state index contributed by atoms with van der Waals surface area (Å²) in [6.45, 7) is 2.96. The lowest BCUT2D eigenvalue weighted by Gasteiger charge is -2.19. The highest BCUT2D eigenvalue weighted by Crippen LogP contribution is 2.20. The molecule has 2 N–H and O–H groups in total. The number of aliphatic imine (C=N–C) groups is 1. The molecule has 0 radical (unpaired) electrons. The van der Waals surface area contributed by atoms with Crippen LogP contribution in [0.5, 0.6) is 0 Å². The second kappa shape index (κ2) is 10.8. The second-order valence-corrected chi connectivity index (χ2v) is 6.67. The van der Waals surface area contributed by atoms with Gasteiger partial charge in [-0.25, -0.2) is 15.0 Å². The molecular formula is C18H25F3IN7. The van der Waals surface area contributed by atoms with Crippen LogP contribution in [0.3, 0.4) is 0 Å². The molecule has 2 aromatic rings. The number of rotatable bonds is 6. The van der Waals surface area contributed by atoms with Gasteiger partial charge < -0.3 is 10.6 Å². The number of hydrogen-bond acceptors (Lipinski definition) is 4. The number of aromatic nitrogens is 3. The lowest BCUT2D eigenvalue weighted by Crippen LogP contribution is -2.45. The fraction of sp³-hybridized carbons (Fsp3) is 0.500. The summed E-state index contributed by atoms with van der Waals surface area (Å²) < 4.78 is 39.5. The van der Waals surface area contributed by atoms with Gasteiger partial charge in [0.1, 0.15) is 12.1 Å². The first kappa shape index (κ1) is 23.4. The summed E-state index contributed by atoms with van der Waals surface area (Å²) in [6, 6.07) is 3.75. The molecule has 1 aliphatic heterocycles. The third-order valence-corrected chi connectivity index (χ3v) is 4.36. The number of likely N-dealkylation sites (tertiary alicyclic amines) is 1. The Balaban J connectivity index is 0.00000300. The van der Waals surface area contributed by atoms with Crippen molar-refractivity contribution in [2.45, 2.75) is 32.1 Å². The van der Waals surface area contributed by atoms with Gasteiger partial charge in [-0.2, -0.15) is 13.2 Å². The van der Waals surface area contributed by atoms with Gasteiger partial charge in [0.25, 0.3) is 0 Å². The quantitative estimate of drug-likeness (QED) is 0.346. The average Bonchev–Trinajstić information content (AvgIpc) is 3.31. The lowest BCUT2D eigenvalue weighted by molar-refractivity contribution is -0.143. The molecule has 2 aromatic heterocycles. The van der Waals surface area contributed by atoms with E-state index in [9.17, 15) is 13.2 Å². The maximum absolute atomic E-state index is 12.6. The van der Waals surface area contributed by atoms with Crippen LogP contribution < -0.4 is 10.6 Å². The second-order valence-electron chi connectivity index (χ2n) is 6.67. The molecule has 3 heterocycles. The van der Waals surface area contributed by atoms with E-state index in [-0.39, 0.29) is 30.0 Å². The minimum atomic E-state index is -4.16. The Morgan fingerprint density at radius 1 is 1.34 bits per heavy atom. The van der Waals surface area contributed by atoms with Crippen LogP contribution in [0.4, 0.5) is 13.2 Å². The number of pyridine rings is 1. The number of imidazole rings is 1. The van der Waals surface area contributed by atoms with Crippen molar-refractivity contribution < 1.29 is 13.2 Å². The van der Waals surface area contributed by atoms with Gasteiger partial charge >= 0.3 is 6.18 Å². The minimum absolute atomic E-state index is 0. The van der Waals surface area contributed by atoms with E-state index in [1.54, 1.807) is 18.7 Å². The fourth-order valence-electron chi connectivity index (χ4n) is 3.13. The molecule has 3 rings (SSSR count). The van der Waals surface area contributed by atoms with Crippen LogP contribution in [0.15, 0.2) is 42.0 Å². The molecule has 1 saturated heterocycles. The molecule has 1 atom stereocenters. The highest BCUT2D eigenvalue weighted by atomic mass is 127. The van der Waals surface area contributed by atoms with Gasteiger partial charge in [-0.1, -0.05) is 0 Å².